The number of H-pyrrole nitrogens is 1. The number of benzene rings is 1. The number of carbonyl (C=O) groups is 17. The molecule has 3 aliphatic heterocycles. The Kier molecular flexibility index (Phi) is 41.9. The Hall–Kier alpha value is -12.3. The molecule has 5 rings (SSSR count). The van der Waals surface area contributed by atoms with Crippen LogP contribution in [0.15, 0.2) is 36.8 Å². The zero-order chi connectivity index (χ0) is 94.1. The molecular weight excluding hydrogens is 1640 g/mol. The third-order valence-corrected chi connectivity index (χ3v) is 21.5. The normalized spacial score (nSPS) is 17.8. The Balaban J connectivity index is 1.34. The smallest absolute Gasteiger partial charge is 0.326 e. The highest BCUT2D eigenvalue weighted by Gasteiger charge is 2.47. The number of aromatic nitrogens is 2. The summed E-state index contributed by atoms with van der Waals surface area (Å²) in [5, 5.41) is 81.9. The molecule has 44 nitrogen and oxygen atoms in total. The number of hydrogen-bond donors (Lipinski definition) is 23. The highest BCUT2D eigenvalue weighted by Crippen LogP contribution is 2.28. The summed E-state index contributed by atoms with van der Waals surface area (Å²) in [7, 11) is 0. The number of carbonyl (C=O) groups excluding carboxylic acids is 15. The molecule has 3 aliphatic rings. The van der Waals surface area contributed by atoms with Crippen molar-refractivity contribution in [3.8, 4) is 5.75 Å². The van der Waals surface area contributed by atoms with E-state index in [4.69, 9.17) is 28.0 Å². The molecule has 44 heteroatoms. The molecule has 2 aromatic rings. The van der Waals surface area contributed by atoms with E-state index < -0.39 is 222 Å². The number of carboxylic acids is 2. The highest BCUT2D eigenvalue weighted by molar-refractivity contribution is 6.02. The summed E-state index contributed by atoms with van der Waals surface area (Å²) in [5.41, 5.74) is 17.0. The zero-order valence-electron chi connectivity index (χ0n) is 73.9. The Morgan fingerprint density at radius 3 is 1.37 bits per heavy atom. The summed E-state index contributed by atoms with van der Waals surface area (Å²) in [6.07, 6.45) is 2.63. The van der Waals surface area contributed by atoms with Gasteiger partial charge in [-0.25, -0.2) is 9.78 Å². The second-order valence-corrected chi connectivity index (χ2v) is 34.2. The lowest BCUT2D eigenvalue weighted by Gasteiger charge is -2.34. The van der Waals surface area contributed by atoms with Gasteiger partial charge < -0.3 is 127 Å². The average Bonchev–Trinajstić information content (AvgIpc) is 1.64. The predicted octanol–water partition coefficient (Wildman–Crippen LogP) is -3.77. The third kappa shape index (κ3) is 33.3. The van der Waals surface area contributed by atoms with Crippen LogP contribution in [0.5, 0.6) is 5.75 Å². The quantitative estimate of drug-likeness (QED) is 0.0172. The minimum Gasteiger partial charge on any atom is -0.508 e. The van der Waals surface area contributed by atoms with Crippen molar-refractivity contribution in [2.24, 2.45) is 46.8 Å². The predicted molar refractivity (Wildman–Crippen MR) is 458 cm³/mol. The van der Waals surface area contributed by atoms with Gasteiger partial charge in [-0.05, 0) is 145 Å². The minimum absolute atomic E-state index is 0.0171. The number of nitrogens with two attached hydrogens (primary N) is 3. The molecule has 0 aliphatic carbocycles. The fourth-order valence-corrected chi connectivity index (χ4v) is 15.0. The van der Waals surface area contributed by atoms with Gasteiger partial charge in [0, 0.05) is 51.8 Å². The maximum Gasteiger partial charge on any atom is 0.326 e. The molecule has 1 aromatic carbocycles. The van der Waals surface area contributed by atoms with Crippen molar-refractivity contribution in [3.05, 3.63) is 48.0 Å². The number of aromatic hydroxyl groups is 1. The largest absolute Gasteiger partial charge is 0.508 e. The van der Waals surface area contributed by atoms with Gasteiger partial charge in [-0.15, -0.1) is 0 Å². The van der Waals surface area contributed by atoms with E-state index in [1.165, 1.54) is 74.3 Å². The summed E-state index contributed by atoms with van der Waals surface area (Å²) in [6, 6.07) is -14.9. The molecule has 4 heterocycles. The number of imidazole rings is 1. The first-order valence-corrected chi connectivity index (χ1v) is 42.9. The minimum atomic E-state index is -1.94. The van der Waals surface area contributed by atoms with E-state index in [1.54, 1.807) is 41.5 Å². The van der Waals surface area contributed by atoms with Crippen LogP contribution in [0, 0.1) is 40.4 Å². The van der Waals surface area contributed by atoms with Crippen molar-refractivity contribution in [2.75, 3.05) is 39.3 Å². The van der Waals surface area contributed by atoms with Crippen LogP contribution in [0.2, 0.25) is 0 Å². The number of hydrogen-bond acceptors (Lipinski definition) is 22. The molecule has 0 bridgehead atoms. The first-order chi connectivity index (χ1) is 59.3. The van der Waals surface area contributed by atoms with Crippen molar-refractivity contribution in [3.63, 3.8) is 0 Å². The molecule has 126 heavy (non-hydrogen) atoms. The Labute approximate surface area is 732 Å². The first-order valence-electron chi connectivity index (χ1n) is 42.9. The number of carboxylic acid groups (broad SMARTS) is 2. The van der Waals surface area contributed by atoms with E-state index in [0.29, 0.717) is 18.4 Å². The zero-order valence-corrected chi connectivity index (χ0v) is 73.9. The summed E-state index contributed by atoms with van der Waals surface area (Å²) in [6.45, 7) is 19.7. The van der Waals surface area contributed by atoms with Crippen LogP contribution in [0.4, 0.5) is 0 Å². The Morgan fingerprint density at radius 2 is 0.865 bits per heavy atom. The number of aliphatic carboxylic acids is 2. The van der Waals surface area contributed by atoms with Crippen LogP contribution in [-0.2, 0) is 94.3 Å². The maximum absolute atomic E-state index is 15.0. The van der Waals surface area contributed by atoms with Gasteiger partial charge in [-0.1, -0.05) is 81.4 Å². The maximum atomic E-state index is 15.0. The Bertz CT molecular complexity index is 4130. The topological polar surface area (TPSA) is 683 Å². The fourth-order valence-electron chi connectivity index (χ4n) is 15.0. The molecule has 15 amide bonds. The SMILES string of the molecule is CC(C)C[C@H](NC(=O)[C@H](C)NC(=O)[C@@H](NC(=O)CN)C(C)C)C(=O)N[C@@H](Cc1c[nH]cn1)C(=O)N[C@@H](CCCNC(=N)N)C(=O)N1CCC[C@@H]1C(=O)N[C@@H](CC(=O)O)C(=O)N[C@H](C(=O)N[C@@H](Cc1ccc(O)cc1)C(=O)N[C@@H](CC(C)C)C(=O)N[C@@H](CC(C)C)C(=O)N1CCC[C@@H]1C(=O)N1CCC[C@@H]1C(=O)N[C@@H](C)C(=O)N[C@H](CCCNC(=N)N)C(=O)O)C(C)C. The van der Waals surface area contributed by atoms with Gasteiger partial charge in [0.25, 0.3) is 0 Å². The van der Waals surface area contributed by atoms with Crippen LogP contribution in [0.3, 0.4) is 0 Å². The number of nitrogens with zero attached hydrogens (tertiary/aromatic N) is 4. The summed E-state index contributed by atoms with van der Waals surface area (Å²) in [4.78, 5) is 250. The van der Waals surface area contributed by atoms with Gasteiger partial charge in [-0.3, -0.25) is 87.5 Å². The third-order valence-electron chi connectivity index (χ3n) is 21.5. The van der Waals surface area contributed by atoms with Crippen LogP contribution >= 0.6 is 0 Å². The van der Waals surface area contributed by atoms with E-state index >= 15 is 4.79 Å². The fraction of sp³-hybridized carbons (Fsp3) is 0.659. The van der Waals surface area contributed by atoms with E-state index in [1.807, 2.05) is 13.8 Å². The number of amides is 15. The number of rotatable bonds is 50. The van der Waals surface area contributed by atoms with Gasteiger partial charge in [0.2, 0.25) is 88.6 Å². The standard InChI is InChI=1S/C82H132N24O20/c1-41(2)32-53(96-67(112)47(12)93-75(120)64(44(7)8)102-62(108)38-83)68(113)98-56(36-49-39-88-40-91-49)71(116)94-51(18-13-27-89-81(84)85)77(122)104-29-15-21-60(104)74(119)99-57(37-63(109)110)72(117)103-65(45(9)10)76(121)100-55(35-48-23-25-50(107)26-24-48)70(115)97-54(33-42(3)4)69(114)101-58(34-43(5)6)78(123)106-31-17-22-61(106)79(124)105-30-16-20-59(105)73(118)92-46(11)66(111)95-52(80(125)126)19-14-28-90-82(86)87/h23-26,39-47,51-61,64-65,107H,13-22,27-38,83H2,1-12H3,(H,88,91)(H,92,118)(H,93,120)(H,94,116)(H,95,111)(H,96,112)(H,97,115)(H,98,113)(H,99,119)(H,100,121)(H,101,114)(H,102,108)(H,103,117)(H,109,110)(H,125,126)(H4,84,85,89)(H4,86,87,90)/t46-,47-,51-,52+,53-,54-,55-,56-,57-,58-,59+,60+,61+,64-,65-/m0/s1. The van der Waals surface area contributed by atoms with E-state index in [0.717, 1.165) is 4.90 Å². The van der Waals surface area contributed by atoms with Crippen molar-refractivity contribution < 1.29 is 96.8 Å². The Morgan fingerprint density at radius 1 is 0.460 bits per heavy atom. The van der Waals surface area contributed by atoms with E-state index in [9.17, 15) is 92.0 Å². The highest BCUT2D eigenvalue weighted by atomic mass is 16.4. The molecule has 0 unspecified atom stereocenters. The molecular formula is C82H132N24O20. The van der Waals surface area contributed by atoms with Gasteiger partial charge in [-0.2, -0.15) is 0 Å². The van der Waals surface area contributed by atoms with Crippen LogP contribution < -0.4 is 91.6 Å². The van der Waals surface area contributed by atoms with E-state index in [2.05, 4.69) is 84.4 Å². The molecule has 700 valence electrons. The van der Waals surface area contributed by atoms with Crippen molar-refractivity contribution in [1.82, 2.24) is 99.1 Å². The van der Waals surface area contributed by atoms with Crippen LogP contribution in [-0.4, -0.2) is 282 Å². The molecule has 1 aromatic heterocycles. The van der Waals surface area contributed by atoms with Crippen molar-refractivity contribution in [2.45, 2.75) is 276 Å². The second kappa shape index (κ2) is 50.6. The number of guanidine groups is 2. The molecule has 3 saturated heterocycles. The molecule has 0 radical (unpaired) electrons. The lowest BCUT2D eigenvalue weighted by atomic mass is 9.98. The molecule has 3 fully saturated rings. The summed E-state index contributed by atoms with van der Waals surface area (Å²) >= 11 is 0. The number of nitrogens with one attached hydrogen (secondary N) is 17. The summed E-state index contributed by atoms with van der Waals surface area (Å²) in [5.74, 6) is -18.1. The van der Waals surface area contributed by atoms with Gasteiger partial charge in [0.1, 0.15) is 96.4 Å². The summed E-state index contributed by atoms with van der Waals surface area (Å²) < 4.78 is 0. The molecule has 15 atom stereocenters. The lowest BCUT2D eigenvalue weighted by molar-refractivity contribution is -0.148. The number of likely N-dealkylation sites (tertiary alicyclic amines) is 3. The number of phenols is 1. The number of aromatic amines is 1. The second-order valence-electron chi connectivity index (χ2n) is 34.2. The molecule has 0 saturated carbocycles. The van der Waals surface area contributed by atoms with Gasteiger partial charge >= 0.3 is 11.9 Å². The van der Waals surface area contributed by atoms with Gasteiger partial charge in [0.05, 0.1) is 25.0 Å². The molecule has 0 spiro atoms. The first kappa shape index (κ1) is 104. The molecule has 26 N–H and O–H groups in total. The van der Waals surface area contributed by atoms with Crippen LogP contribution in [0.25, 0.3) is 0 Å². The van der Waals surface area contributed by atoms with Gasteiger partial charge in [0.15, 0.2) is 11.9 Å². The van der Waals surface area contributed by atoms with Crippen LogP contribution in [0.1, 0.15) is 184 Å². The van der Waals surface area contributed by atoms with E-state index in [-0.39, 0.29) is 151 Å². The average molecular weight is 1770 g/mol. The monoisotopic (exact) mass is 1770 g/mol. The van der Waals surface area contributed by atoms with Crippen molar-refractivity contribution in [1.29, 1.82) is 10.8 Å². The lowest BCUT2D eigenvalue weighted by Crippen LogP contribution is -2.62. The number of phenolic OH excluding ortho intramolecular Hbond substituents is 1. The van der Waals surface area contributed by atoms with Crippen molar-refractivity contribution >= 4 is 112 Å².